The monoisotopic (exact) mass is 534 g/mol. The molecule has 4 aromatic carbocycles. The van der Waals surface area contributed by atoms with Crippen LogP contribution in [0.25, 0.3) is 39.2 Å². The third kappa shape index (κ3) is 5.09. The smallest absolute Gasteiger partial charge is 0.194 e. The van der Waals surface area contributed by atoms with E-state index in [0.717, 1.165) is 48.5 Å². The zero-order valence-electron chi connectivity index (χ0n) is 19.3. The van der Waals surface area contributed by atoms with E-state index >= 15 is 0 Å². The molecule has 38 heavy (non-hydrogen) atoms. The van der Waals surface area contributed by atoms with Crippen LogP contribution >= 0.6 is 0 Å². The maximum absolute atomic E-state index is 15.0. The van der Waals surface area contributed by atoms with E-state index in [9.17, 15) is 39.5 Å². The van der Waals surface area contributed by atoms with E-state index < -0.39 is 63.5 Å². The van der Waals surface area contributed by atoms with Crippen molar-refractivity contribution < 1.29 is 39.5 Å². The summed E-state index contributed by atoms with van der Waals surface area (Å²) < 4.78 is 127. The van der Waals surface area contributed by atoms with Gasteiger partial charge < -0.3 is 0 Å². The van der Waals surface area contributed by atoms with Crippen molar-refractivity contribution in [1.29, 1.82) is 0 Å². The van der Waals surface area contributed by atoms with Crippen molar-refractivity contribution in [3.8, 4) is 33.4 Å². The van der Waals surface area contributed by atoms with Gasteiger partial charge in [0.2, 0.25) is 0 Å². The van der Waals surface area contributed by atoms with Crippen LogP contribution in [0.2, 0.25) is 0 Å². The van der Waals surface area contributed by atoms with E-state index in [-0.39, 0.29) is 27.8 Å². The number of allylic oxidation sites excluding steroid dienone is 3. The highest BCUT2D eigenvalue weighted by Gasteiger charge is 2.20. The predicted octanol–water partition coefficient (Wildman–Crippen LogP) is 9.84. The van der Waals surface area contributed by atoms with E-state index in [1.165, 1.54) is 19.1 Å². The first-order valence-corrected chi connectivity index (χ1v) is 10.9. The van der Waals surface area contributed by atoms with Crippen molar-refractivity contribution in [1.82, 2.24) is 0 Å². The first-order chi connectivity index (χ1) is 18.0. The molecule has 0 spiro atoms. The Morgan fingerprint density at radius 2 is 1.05 bits per heavy atom. The van der Waals surface area contributed by atoms with Gasteiger partial charge >= 0.3 is 0 Å². The highest BCUT2D eigenvalue weighted by Crippen LogP contribution is 2.35. The summed E-state index contributed by atoms with van der Waals surface area (Å²) >= 11 is 0. The summed E-state index contributed by atoms with van der Waals surface area (Å²) in [5.74, 6) is -12.1. The average molecular weight is 534 g/mol. The average Bonchev–Trinajstić information content (AvgIpc) is 2.86. The molecule has 0 atom stereocenters. The number of halogens is 9. The van der Waals surface area contributed by atoms with Gasteiger partial charge in [-0.2, -0.15) is 0 Å². The van der Waals surface area contributed by atoms with Gasteiger partial charge in [0.15, 0.2) is 29.1 Å². The van der Waals surface area contributed by atoms with Crippen LogP contribution in [-0.4, -0.2) is 0 Å². The lowest BCUT2D eigenvalue weighted by Gasteiger charge is -2.12. The quantitative estimate of drug-likeness (QED) is 0.136. The lowest BCUT2D eigenvalue weighted by molar-refractivity contribution is 0.447. The van der Waals surface area contributed by atoms with Crippen LogP contribution in [0.1, 0.15) is 12.5 Å². The Balaban J connectivity index is 1.70. The summed E-state index contributed by atoms with van der Waals surface area (Å²) in [5.41, 5.74) is -2.53. The van der Waals surface area contributed by atoms with Crippen LogP contribution in [0.3, 0.4) is 0 Å². The third-order valence-corrected chi connectivity index (χ3v) is 5.65. The van der Waals surface area contributed by atoms with Gasteiger partial charge in [-0.05, 0) is 66.1 Å². The maximum atomic E-state index is 15.0. The molecule has 0 N–H and O–H groups in total. The topological polar surface area (TPSA) is 0 Å². The molecular weight excluding hydrogens is 519 g/mol. The van der Waals surface area contributed by atoms with Crippen LogP contribution < -0.4 is 0 Å². The lowest BCUT2D eigenvalue weighted by Crippen LogP contribution is -1.97. The third-order valence-electron chi connectivity index (χ3n) is 5.65. The van der Waals surface area contributed by atoms with Gasteiger partial charge in [-0.1, -0.05) is 30.3 Å². The Bertz CT molecular complexity index is 1570. The van der Waals surface area contributed by atoms with Crippen molar-refractivity contribution in [3.63, 3.8) is 0 Å². The molecule has 0 aliphatic rings. The van der Waals surface area contributed by atoms with Crippen LogP contribution in [-0.2, 0) is 0 Å². The van der Waals surface area contributed by atoms with Crippen LogP contribution in [0.5, 0.6) is 0 Å². The Labute approximate surface area is 211 Å². The van der Waals surface area contributed by atoms with Crippen molar-refractivity contribution >= 4 is 5.83 Å². The Morgan fingerprint density at radius 3 is 1.61 bits per heavy atom. The largest absolute Gasteiger partial charge is 0.206 e. The van der Waals surface area contributed by atoms with E-state index in [1.54, 1.807) is 0 Å². The summed E-state index contributed by atoms with van der Waals surface area (Å²) in [6.45, 7) is 1.47. The van der Waals surface area contributed by atoms with Crippen LogP contribution in [0, 0.1) is 40.7 Å². The van der Waals surface area contributed by atoms with Gasteiger partial charge in [-0.15, -0.1) is 0 Å². The lowest BCUT2D eigenvalue weighted by atomic mass is 9.96. The fraction of sp³-hybridized carbons (Fsp3) is 0.0345. The standard InChI is InChI=1S/C29H15F9/c1-2-3-20(30)28(37)15-5-7-18(22(32)9-15)14-4-6-19(21(31)8-14)16-10-23(33)27(24(34)11-16)17-12-25(35)29(38)26(36)13-17/h2-13H,1H3/b3-2+,28-20+. The molecule has 0 amide bonds. The second-order valence-electron chi connectivity index (χ2n) is 8.12. The minimum absolute atomic E-state index is 0.00319. The van der Waals surface area contributed by atoms with Gasteiger partial charge in [0.25, 0.3) is 0 Å². The molecule has 4 aromatic rings. The second kappa shape index (κ2) is 10.6. The molecule has 4 rings (SSSR count). The van der Waals surface area contributed by atoms with Crippen molar-refractivity contribution in [2.75, 3.05) is 0 Å². The first kappa shape index (κ1) is 26.8. The Morgan fingerprint density at radius 1 is 0.553 bits per heavy atom. The van der Waals surface area contributed by atoms with Gasteiger partial charge in [0.1, 0.15) is 23.3 Å². The fourth-order valence-electron chi connectivity index (χ4n) is 3.86. The molecule has 0 saturated heterocycles. The Hall–Kier alpha value is -4.27. The van der Waals surface area contributed by atoms with Crippen LogP contribution in [0.4, 0.5) is 39.5 Å². The first-order valence-electron chi connectivity index (χ1n) is 10.9. The van der Waals surface area contributed by atoms with Crippen molar-refractivity contribution in [2.24, 2.45) is 0 Å². The highest BCUT2D eigenvalue weighted by molar-refractivity contribution is 5.76. The molecule has 0 heterocycles. The summed E-state index contributed by atoms with van der Waals surface area (Å²) in [4.78, 5) is 0. The zero-order chi connectivity index (χ0) is 27.7. The molecule has 0 aliphatic carbocycles. The molecular formula is C29H15F9. The number of benzene rings is 4. The van der Waals surface area contributed by atoms with Gasteiger partial charge in [0, 0.05) is 16.7 Å². The SMILES string of the molecule is C/C=C/C(F)=C(\F)c1ccc(-c2ccc(-c3cc(F)c(-c4cc(F)c(F)c(F)c4)c(F)c3)c(F)c2)c(F)c1. The molecule has 194 valence electrons. The molecule has 0 fully saturated rings. The molecule has 0 radical (unpaired) electrons. The maximum Gasteiger partial charge on any atom is 0.194 e. The molecule has 0 aliphatic heterocycles. The number of rotatable bonds is 5. The summed E-state index contributed by atoms with van der Waals surface area (Å²) in [7, 11) is 0. The fourth-order valence-corrected chi connectivity index (χ4v) is 3.86. The highest BCUT2D eigenvalue weighted by atomic mass is 19.2. The van der Waals surface area contributed by atoms with Crippen LogP contribution in [0.15, 0.2) is 78.6 Å². The van der Waals surface area contributed by atoms with E-state index in [0.29, 0.717) is 12.1 Å². The number of hydrogen-bond donors (Lipinski definition) is 0. The second-order valence-corrected chi connectivity index (χ2v) is 8.12. The van der Waals surface area contributed by atoms with Crippen molar-refractivity contribution in [2.45, 2.75) is 6.92 Å². The number of hydrogen-bond acceptors (Lipinski definition) is 0. The van der Waals surface area contributed by atoms with E-state index in [4.69, 9.17) is 0 Å². The summed E-state index contributed by atoms with van der Waals surface area (Å²) in [6.07, 6.45) is 2.13. The summed E-state index contributed by atoms with van der Waals surface area (Å²) in [6, 6.07) is 8.50. The Kier molecular flexibility index (Phi) is 7.48. The minimum atomic E-state index is -1.80. The van der Waals surface area contributed by atoms with Crippen molar-refractivity contribution in [3.05, 3.63) is 125 Å². The molecule has 9 heteroatoms. The summed E-state index contributed by atoms with van der Waals surface area (Å²) in [5, 5.41) is 0. The molecule has 0 unspecified atom stereocenters. The molecule has 0 aromatic heterocycles. The van der Waals surface area contributed by atoms with E-state index in [2.05, 4.69) is 0 Å². The zero-order valence-corrected chi connectivity index (χ0v) is 19.3. The van der Waals surface area contributed by atoms with Gasteiger partial charge in [-0.3, -0.25) is 0 Å². The predicted molar refractivity (Wildman–Crippen MR) is 126 cm³/mol. The van der Waals surface area contributed by atoms with Gasteiger partial charge in [0.05, 0.1) is 5.56 Å². The molecule has 0 bridgehead atoms. The minimum Gasteiger partial charge on any atom is -0.206 e. The molecule has 0 nitrogen and oxygen atoms in total. The molecule has 0 saturated carbocycles. The van der Waals surface area contributed by atoms with E-state index in [1.807, 2.05) is 0 Å². The van der Waals surface area contributed by atoms with Gasteiger partial charge in [-0.25, -0.2) is 39.5 Å². The normalized spacial score (nSPS) is 12.3.